The number of amides is 1. The van der Waals surface area contributed by atoms with E-state index in [0.29, 0.717) is 40.0 Å². The SMILES string of the molecule is CCN(CC)CCN(C(=O)c1ccc(OC)c(OC)c1)c1nc2c(F)cccc2s1. The molecule has 0 aliphatic carbocycles. The predicted octanol–water partition coefficient (Wildman–Crippen LogP) is 4.44. The first-order chi connectivity index (χ1) is 14.5. The smallest absolute Gasteiger partial charge is 0.260 e. The van der Waals surface area contributed by atoms with Crippen molar-refractivity contribution in [1.29, 1.82) is 0 Å². The highest BCUT2D eigenvalue weighted by Crippen LogP contribution is 2.33. The van der Waals surface area contributed by atoms with Crippen LogP contribution in [0.1, 0.15) is 24.2 Å². The van der Waals surface area contributed by atoms with Gasteiger partial charge in [-0.25, -0.2) is 9.37 Å². The molecule has 3 aromatic rings. The van der Waals surface area contributed by atoms with Crippen LogP contribution in [0, 0.1) is 5.82 Å². The van der Waals surface area contributed by atoms with E-state index in [1.807, 2.05) is 6.07 Å². The first-order valence-corrected chi connectivity index (χ1v) is 10.6. The van der Waals surface area contributed by atoms with Gasteiger partial charge in [-0.1, -0.05) is 31.3 Å². The number of aromatic nitrogens is 1. The molecule has 0 atom stereocenters. The molecular formula is C22H26FN3O3S. The maximum atomic E-state index is 14.2. The van der Waals surface area contributed by atoms with Gasteiger partial charge in [0, 0.05) is 18.7 Å². The summed E-state index contributed by atoms with van der Waals surface area (Å²) in [7, 11) is 3.08. The third kappa shape index (κ3) is 4.55. The van der Waals surface area contributed by atoms with Crippen LogP contribution >= 0.6 is 11.3 Å². The van der Waals surface area contributed by atoms with Crippen LogP contribution in [0.15, 0.2) is 36.4 Å². The highest BCUT2D eigenvalue weighted by molar-refractivity contribution is 7.22. The molecule has 30 heavy (non-hydrogen) atoms. The quantitative estimate of drug-likeness (QED) is 0.501. The molecule has 0 fully saturated rings. The highest BCUT2D eigenvalue weighted by Gasteiger charge is 2.23. The summed E-state index contributed by atoms with van der Waals surface area (Å²) in [6.45, 7) is 7.04. The summed E-state index contributed by atoms with van der Waals surface area (Å²) in [5.41, 5.74) is 0.734. The molecule has 1 aromatic heterocycles. The Hall–Kier alpha value is -2.71. The number of nitrogens with zero attached hydrogens (tertiary/aromatic N) is 3. The minimum atomic E-state index is -0.391. The van der Waals surface area contributed by atoms with Crippen molar-refractivity contribution in [2.45, 2.75) is 13.8 Å². The third-order valence-corrected chi connectivity index (χ3v) is 6.04. The van der Waals surface area contributed by atoms with Crippen molar-refractivity contribution in [2.24, 2.45) is 0 Å². The molecule has 0 aliphatic heterocycles. The fourth-order valence-electron chi connectivity index (χ4n) is 3.21. The van der Waals surface area contributed by atoms with Gasteiger partial charge in [-0.05, 0) is 43.4 Å². The number of para-hydroxylation sites is 1. The van der Waals surface area contributed by atoms with Gasteiger partial charge in [-0.15, -0.1) is 0 Å². The Kier molecular flexibility index (Phi) is 7.23. The van der Waals surface area contributed by atoms with Crippen molar-refractivity contribution in [3.05, 3.63) is 47.8 Å². The van der Waals surface area contributed by atoms with E-state index in [2.05, 4.69) is 23.7 Å². The maximum Gasteiger partial charge on any atom is 0.260 e. The van der Waals surface area contributed by atoms with Crippen LogP contribution in [0.5, 0.6) is 11.5 Å². The van der Waals surface area contributed by atoms with Crippen molar-refractivity contribution < 1.29 is 18.7 Å². The topological polar surface area (TPSA) is 54.9 Å². The lowest BCUT2D eigenvalue weighted by atomic mass is 10.1. The molecule has 1 amide bonds. The molecular weight excluding hydrogens is 405 g/mol. The van der Waals surface area contributed by atoms with Crippen molar-refractivity contribution in [3.8, 4) is 11.5 Å². The summed E-state index contributed by atoms with van der Waals surface area (Å²) in [6.07, 6.45) is 0. The predicted molar refractivity (Wildman–Crippen MR) is 119 cm³/mol. The van der Waals surface area contributed by atoms with Crippen molar-refractivity contribution >= 4 is 32.6 Å². The van der Waals surface area contributed by atoms with Crippen LogP contribution in [-0.4, -0.2) is 56.2 Å². The van der Waals surface area contributed by atoms with Gasteiger partial charge in [0.1, 0.15) is 11.3 Å². The monoisotopic (exact) mass is 431 g/mol. The number of likely N-dealkylation sites (N-methyl/N-ethyl adjacent to an activating group) is 1. The summed E-state index contributed by atoms with van der Waals surface area (Å²) in [6, 6.07) is 9.88. The summed E-state index contributed by atoms with van der Waals surface area (Å²) >= 11 is 1.31. The number of methoxy groups -OCH3 is 2. The van der Waals surface area contributed by atoms with Crippen LogP contribution in [0.25, 0.3) is 10.2 Å². The molecule has 0 radical (unpaired) electrons. The van der Waals surface area contributed by atoms with Crippen molar-refractivity contribution in [3.63, 3.8) is 0 Å². The number of carbonyl (C=O) groups is 1. The molecule has 2 aromatic carbocycles. The fourth-order valence-corrected chi connectivity index (χ4v) is 4.21. The normalized spacial score (nSPS) is 11.1. The molecule has 0 spiro atoms. The second-order valence-corrected chi connectivity index (χ2v) is 7.65. The van der Waals surface area contributed by atoms with Gasteiger partial charge in [-0.3, -0.25) is 9.69 Å². The summed E-state index contributed by atoms with van der Waals surface area (Å²) in [5, 5.41) is 0.474. The van der Waals surface area contributed by atoms with Gasteiger partial charge in [0.25, 0.3) is 5.91 Å². The van der Waals surface area contributed by atoms with E-state index in [-0.39, 0.29) is 11.4 Å². The average Bonchev–Trinajstić information content (AvgIpc) is 3.21. The van der Waals surface area contributed by atoms with E-state index < -0.39 is 5.82 Å². The van der Waals surface area contributed by atoms with Crippen molar-refractivity contribution in [2.75, 3.05) is 45.3 Å². The Morgan fingerprint density at radius 2 is 1.80 bits per heavy atom. The summed E-state index contributed by atoms with van der Waals surface area (Å²) < 4.78 is 25.5. The molecule has 0 aliphatic rings. The van der Waals surface area contributed by atoms with Crippen LogP contribution in [0.3, 0.4) is 0 Å². The summed E-state index contributed by atoms with van der Waals surface area (Å²) in [5.74, 6) is 0.410. The van der Waals surface area contributed by atoms with E-state index in [0.717, 1.165) is 13.1 Å². The van der Waals surface area contributed by atoms with Gasteiger partial charge in [-0.2, -0.15) is 0 Å². The van der Waals surface area contributed by atoms with Crippen LogP contribution in [-0.2, 0) is 0 Å². The lowest BCUT2D eigenvalue weighted by Gasteiger charge is -2.25. The zero-order chi connectivity index (χ0) is 21.7. The Balaban J connectivity index is 1.99. The van der Waals surface area contributed by atoms with Crippen LogP contribution in [0.4, 0.5) is 9.52 Å². The van der Waals surface area contributed by atoms with Gasteiger partial charge in [0.2, 0.25) is 0 Å². The number of halogens is 1. The standard InChI is InChI=1S/C22H26FN3O3S/c1-5-25(6-2)12-13-26(22-24-20-16(23)8-7-9-19(20)30-22)21(27)15-10-11-17(28-3)18(14-15)29-4/h7-11,14H,5-6,12-13H2,1-4H3. The van der Waals surface area contributed by atoms with Gasteiger partial charge in [0.05, 0.1) is 18.9 Å². The second kappa shape index (κ2) is 9.86. The molecule has 0 N–H and O–H groups in total. The molecule has 6 nitrogen and oxygen atoms in total. The van der Waals surface area contributed by atoms with Crippen LogP contribution in [0.2, 0.25) is 0 Å². The first kappa shape index (κ1) is 22.0. The molecule has 1 heterocycles. The molecule has 8 heteroatoms. The first-order valence-electron chi connectivity index (χ1n) is 9.83. The fraction of sp³-hybridized carbons (Fsp3) is 0.364. The second-order valence-electron chi connectivity index (χ2n) is 6.64. The van der Waals surface area contributed by atoms with Gasteiger partial charge >= 0.3 is 0 Å². The molecule has 160 valence electrons. The van der Waals surface area contributed by atoms with Crippen LogP contribution < -0.4 is 14.4 Å². The molecule has 0 saturated carbocycles. The van der Waals surface area contributed by atoms with E-state index >= 15 is 0 Å². The minimum Gasteiger partial charge on any atom is -0.493 e. The lowest BCUT2D eigenvalue weighted by Crippen LogP contribution is -2.38. The maximum absolute atomic E-state index is 14.2. The molecule has 0 unspecified atom stereocenters. The number of anilines is 1. The zero-order valence-electron chi connectivity index (χ0n) is 17.6. The van der Waals surface area contributed by atoms with E-state index in [1.54, 1.807) is 36.3 Å². The average molecular weight is 432 g/mol. The Morgan fingerprint density at radius 1 is 1.07 bits per heavy atom. The number of ether oxygens (including phenoxy) is 2. The number of rotatable bonds is 9. The Morgan fingerprint density at radius 3 is 2.43 bits per heavy atom. The number of thiazole rings is 1. The minimum absolute atomic E-state index is 0.220. The third-order valence-electron chi connectivity index (χ3n) is 5.00. The van der Waals surface area contributed by atoms with E-state index in [1.165, 1.54) is 24.5 Å². The lowest BCUT2D eigenvalue weighted by molar-refractivity contribution is 0.0983. The number of hydrogen-bond acceptors (Lipinski definition) is 6. The zero-order valence-corrected chi connectivity index (χ0v) is 18.5. The van der Waals surface area contributed by atoms with E-state index in [4.69, 9.17) is 9.47 Å². The van der Waals surface area contributed by atoms with Gasteiger partial charge < -0.3 is 14.4 Å². The molecule has 0 saturated heterocycles. The largest absolute Gasteiger partial charge is 0.493 e. The number of fused-ring (bicyclic) bond motifs is 1. The summed E-state index contributed by atoms with van der Waals surface area (Å²) in [4.78, 5) is 21.7. The molecule has 0 bridgehead atoms. The van der Waals surface area contributed by atoms with Crippen molar-refractivity contribution in [1.82, 2.24) is 9.88 Å². The molecule has 3 rings (SSSR count). The number of carbonyl (C=O) groups excluding carboxylic acids is 1. The van der Waals surface area contributed by atoms with E-state index in [9.17, 15) is 9.18 Å². The van der Waals surface area contributed by atoms with Gasteiger partial charge in [0.15, 0.2) is 16.6 Å². The Labute approximate surface area is 179 Å². The highest BCUT2D eigenvalue weighted by atomic mass is 32.1. The Bertz CT molecular complexity index is 1020. The number of benzene rings is 2. The number of hydrogen-bond donors (Lipinski definition) is 0.